The van der Waals surface area contributed by atoms with Crippen molar-refractivity contribution in [1.82, 2.24) is 14.5 Å². The number of aliphatic carboxylic acids is 1. The van der Waals surface area contributed by atoms with Crippen LogP contribution in [0, 0.1) is 0 Å². The zero-order valence-electron chi connectivity index (χ0n) is 9.89. The molecule has 1 heterocycles. The van der Waals surface area contributed by atoms with Crippen LogP contribution in [0.1, 0.15) is 26.1 Å². The van der Waals surface area contributed by atoms with E-state index in [1.165, 1.54) is 0 Å². The average molecular weight is 225 g/mol. The quantitative estimate of drug-likeness (QED) is 0.757. The third-order valence-corrected chi connectivity index (χ3v) is 2.60. The lowest BCUT2D eigenvalue weighted by Gasteiger charge is -2.19. The van der Waals surface area contributed by atoms with Gasteiger partial charge in [-0.05, 0) is 13.5 Å². The molecule has 5 nitrogen and oxygen atoms in total. The van der Waals surface area contributed by atoms with Crippen LogP contribution in [0.2, 0.25) is 0 Å². The number of imidazole rings is 1. The smallest absolute Gasteiger partial charge is 0.304 e. The minimum atomic E-state index is -0.753. The molecular formula is C11H19N3O2. The fraction of sp³-hybridized carbons (Fsp3) is 0.636. The number of nitrogens with zero attached hydrogens (tertiary/aromatic N) is 3. The molecule has 0 fully saturated rings. The van der Waals surface area contributed by atoms with E-state index in [4.69, 9.17) is 5.11 Å². The summed E-state index contributed by atoms with van der Waals surface area (Å²) in [5, 5.41) is 8.64. The number of rotatable bonds is 7. The average Bonchev–Trinajstić information content (AvgIpc) is 2.70. The Morgan fingerprint density at radius 1 is 1.56 bits per heavy atom. The first-order valence-corrected chi connectivity index (χ1v) is 5.61. The molecule has 1 aromatic rings. The van der Waals surface area contributed by atoms with E-state index in [9.17, 15) is 4.79 Å². The minimum Gasteiger partial charge on any atom is -0.481 e. The van der Waals surface area contributed by atoms with Crippen molar-refractivity contribution in [3.05, 3.63) is 18.2 Å². The Kier molecular flexibility index (Phi) is 4.98. The highest BCUT2D eigenvalue weighted by Crippen LogP contribution is 2.03. The van der Waals surface area contributed by atoms with E-state index in [0.717, 1.165) is 18.9 Å². The van der Waals surface area contributed by atoms with E-state index in [-0.39, 0.29) is 6.42 Å². The SMILES string of the molecule is CCN(CCC(=O)O)Cc1nccn1CC. The first kappa shape index (κ1) is 12.7. The summed E-state index contributed by atoms with van der Waals surface area (Å²) in [6.07, 6.45) is 3.91. The largest absolute Gasteiger partial charge is 0.481 e. The van der Waals surface area contributed by atoms with Crippen molar-refractivity contribution in [3.8, 4) is 0 Å². The Hall–Kier alpha value is -1.36. The first-order chi connectivity index (χ1) is 7.67. The zero-order chi connectivity index (χ0) is 12.0. The summed E-state index contributed by atoms with van der Waals surface area (Å²) in [4.78, 5) is 16.9. The van der Waals surface area contributed by atoms with E-state index < -0.39 is 5.97 Å². The highest BCUT2D eigenvalue weighted by molar-refractivity contribution is 5.66. The predicted octanol–water partition coefficient (Wildman–Crippen LogP) is 1.20. The molecule has 0 aromatic carbocycles. The van der Waals surface area contributed by atoms with Gasteiger partial charge in [0, 0.05) is 25.5 Å². The second kappa shape index (κ2) is 6.27. The van der Waals surface area contributed by atoms with Gasteiger partial charge < -0.3 is 9.67 Å². The Morgan fingerprint density at radius 3 is 2.88 bits per heavy atom. The molecule has 0 aliphatic rings. The van der Waals surface area contributed by atoms with Gasteiger partial charge in [0.2, 0.25) is 0 Å². The number of aromatic nitrogens is 2. The number of carboxylic acid groups (broad SMARTS) is 1. The molecule has 0 amide bonds. The molecule has 0 atom stereocenters. The van der Waals surface area contributed by atoms with Gasteiger partial charge >= 0.3 is 5.97 Å². The summed E-state index contributed by atoms with van der Waals surface area (Å²) in [7, 11) is 0. The van der Waals surface area contributed by atoms with Gasteiger partial charge in [-0.2, -0.15) is 0 Å². The number of hydrogen-bond donors (Lipinski definition) is 1. The number of aryl methyl sites for hydroxylation is 1. The summed E-state index contributed by atoms with van der Waals surface area (Å²) in [6, 6.07) is 0. The second-order valence-corrected chi connectivity index (χ2v) is 3.64. The molecule has 5 heteroatoms. The molecule has 1 N–H and O–H groups in total. The Balaban J connectivity index is 2.52. The standard InChI is InChI=1S/C11H19N3O2/c1-3-13(7-5-11(15)16)9-10-12-6-8-14(10)4-2/h6,8H,3-5,7,9H2,1-2H3,(H,15,16). The maximum Gasteiger partial charge on any atom is 0.304 e. The van der Waals surface area contributed by atoms with Crippen molar-refractivity contribution in [2.75, 3.05) is 13.1 Å². The van der Waals surface area contributed by atoms with Crippen LogP contribution in [-0.2, 0) is 17.9 Å². The molecule has 1 rings (SSSR count). The van der Waals surface area contributed by atoms with Crippen LogP contribution in [0.15, 0.2) is 12.4 Å². The third kappa shape index (κ3) is 3.66. The van der Waals surface area contributed by atoms with Crippen molar-refractivity contribution in [2.24, 2.45) is 0 Å². The summed E-state index contributed by atoms with van der Waals surface area (Å²) >= 11 is 0. The van der Waals surface area contributed by atoms with Crippen LogP contribution in [0.5, 0.6) is 0 Å². The normalized spacial score (nSPS) is 10.9. The van der Waals surface area contributed by atoms with E-state index >= 15 is 0 Å². The van der Waals surface area contributed by atoms with Gasteiger partial charge in [-0.25, -0.2) is 4.98 Å². The Bertz CT molecular complexity index is 336. The summed E-state index contributed by atoms with van der Waals surface area (Å²) in [5.41, 5.74) is 0. The summed E-state index contributed by atoms with van der Waals surface area (Å²) in [6.45, 7) is 7.11. The monoisotopic (exact) mass is 225 g/mol. The van der Waals surface area contributed by atoms with Crippen molar-refractivity contribution in [3.63, 3.8) is 0 Å². The van der Waals surface area contributed by atoms with Gasteiger partial charge in [0.25, 0.3) is 0 Å². The van der Waals surface area contributed by atoms with Gasteiger partial charge in [-0.1, -0.05) is 6.92 Å². The van der Waals surface area contributed by atoms with Crippen LogP contribution in [0.3, 0.4) is 0 Å². The first-order valence-electron chi connectivity index (χ1n) is 5.61. The van der Waals surface area contributed by atoms with Crippen LogP contribution < -0.4 is 0 Å². The zero-order valence-corrected chi connectivity index (χ0v) is 9.89. The molecule has 1 aromatic heterocycles. The molecule has 0 aliphatic carbocycles. The fourth-order valence-electron chi connectivity index (χ4n) is 1.58. The molecule has 0 saturated heterocycles. The second-order valence-electron chi connectivity index (χ2n) is 3.64. The van der Waals surface area contributed by atoms with Gasteiger partial charge in [0.1, 0.15) is 5.82 Å². The minimum absolute atomic E-state index is 0.181. The van der Waals surface area contributed by atoms with Crippen LogP contribution >= 0.6 is 0 Å². The van der Waals surface area contributed by atoms with Crippen molar-refractivity contribution >= 4 is 5.97 Å². The number of carbonyl (C=O) groups is 1. The third-order valence-electron chi connectivity index (χ3n) is 2.60. The highest BCUT2D eigenvalue weighted by Gasteiger charge is 2.09. The van der Waals surface area contributed by atoms with Crippen molar-refractivity contribution in [2.45, 2.75) is 33.4 Å². The van der Waals surface area contributed by atoms with Crippen LogP contribution in [0.25, 0.3) is 0 Å². The predicted molar refractivity (Wildman–Crippen MR) is 61.1 cm³/mol. The maximum absolute atomic E-state index is 10.5. The molecule has 0 spiro atoms. The topological polar surface area (TPSA) is 58.4 Å². The lowest BCUT2D eigenvalue weighted by molar-refractivity contribution is -0.137. The fourth-order valence-corrected chi connectivity index (χ4v) is 1.58. The molecule has 0 unspecified atom stereocenters. The molecule has 0 radical (unpaired) electrons. The molecule has 16 heavy (non-hydrogen) atoms. The summed E-state index contributed by atoms with van der Waals surface area (Å²) in [5.74, 6) is 0.243. The Morgan fingerprint density at radius 2 is 2.31 bits per heavy atom. The number of hydrogen-bond acceptors (Lipinski definition) is 3. The lowest BCUT2D eigenvalue weighted by Crippen LogP contribution is -2.27. The molecular weight excluding hydrogens is 206 g/mol. The Labute approximate surface area is 95.7 Å². The molecule has 0 saturated carbocycles. The molecule has 0 bridgehead atoms. The van der Waals surface area contributed by atoms with Gasteiger partial charge in [0.15, 0.2) is 0 Å². The van der Waals surface area contributed by atoms with Crippen LogP contribution in [-0.4, -0.2) is 38.6 Å². The van der Waals surface area contributed by atoms with Gasteiger partial charge in [0.05, 0.1) is 13.0 Å². The van der Waals surface area contributed by atoms with Gasteiger partial charge in [-0.3, -0.25) is 9.69 Å². The highest BCUT2D eigenvalue weighted by atomic mass is 16.4. The van der Waals surface area contributed by atoms with E-state index in [2.05, 4.69) is 21.4 Å². The summed E-state index contributed by atoms with van der Waals surface area (Å²) < 4.78 is 2.07. The van der Waals surface area contributed by atoms with E-state index in [0.29, 0.717) is 13.1 Å². The molecule has 0 aliphatic heterocycles. The van der Waals surface area contributed by atoms with Crippen molar-refractivity contribution in [1.29, 1.82) is 0 Å². The van der Waals surface area contributed by atoms with Gasteiger partial charge in [-0.15, -0.1) is 0 Å². The van der Waals surface area contributed by atoms with Crippen LogP contribution in [0.4, 0.5) is 0 Å². The molecule has 90 valence electrons. The maximum atomic E-state index is 10.5. The number of carboxylic acids is 1. The van der Waals surface area contributed by atoms with Crippen molar-refractivity contribution < 1.29 is 9.90 Å². The van der Waals surface area contributed by atoms with E-state index in [1.807, 2.05) is 13.1 Å². The van der Waals surface area contributed by atoms with E-state index in [1.54, 1.807) is 6.20 Å². The lowest BCUT2D eigenvalue weighted by atomic mass is 10.3.